The Labute approximate surface area is 127 Å². The summed E-state index contributed by atoms with van der Waals surface area (Å²) in [5, 5.41) is 3.66. The van der Waals surface area contributed by atoms with Crippen molar-refractivity contribution in [1.29, 1.82) is 0 Å². The number of nitrogens with one attached hydrogen (secondary N) is 1. The van der Waals surface area contributed by atoms with Crippen LogP contribution in [0.1, 0.15) is 51.1 Å². The second-order valence-electron chi connectivity index (χ2n) is 4.31. The fourth-order valence-corrected chi connectivity index (χ4v) is 2.97. The molecule has 0 saturated heterocycles. The van der Waals surface area contributed by atoms with Crippen LogP contribution in [-0.4, -0.2) is 6.54 Å². The Morgan fingerprint density at radius 2 is 2.06 bits per heavy atom. The van der Waals surface area contributed by atoms with E-state index in [1.54, 1.807) is 0 Å². The highest BCUT2D eigenvalue weighted by Gasteiger charge is 2.13. The maximum absolute atomic E-state index is 3.66. The van der Waals surface area contributed by atoms with Crippen LogP contribution in [0.2, 0.25) is 0 Å². The van der Waals surface area contributed by atoms with Crippen LogP contribution >= 0.6 is 38.5 Å². The molecule has 0 fully saturated rings. The summed E-state index contributed by atoms with van der Waals surface area (Å²) in [6.07, 6.45) is 4.95. The van der Waals surface area contributed by atoms with Crippen LogP contribution in [0, 0.1) is 3.57 Å². The summed E-state index contributed by atoms with van der Waals surface area (Å²) >= 11 is 6.00. The fourth-order valence-electron chi connectivity index (χ4n) is 1.88. The van der Waals surface area contributed by atoms with E-state index in [1.807, 2.05) is 0 Å². The van der Waals surface area contributed by atoms with Crippen LogP contribution in [0.15, 0.2) is 22.7 Å². The Bertz CT molecular complexity index is 333. The zero-order valence-electron chi connectivity index (χ0n) is 10.6. The molecule has 0 saturated carbocycles. The highest BCUT2D eigenvalue weighted by molar-refractivity contribution is 14.1. The summed E-state index contributed by atoms with van der Waals surface area (Å²) < 4.78 is 2.53. The predicted molar refractivity (Wildman–Crippen MR) is 87.4 cm³/mol. The lowest BCUT2D eigenvalue weighted by Crippen LogP contribution is -2.23. The topological polar surface area (TPSA) is 12.0 Å². The van der Waals surface area contributed by atoms with Crippen LogP contribution in [0.25, 0.3) is 0 Å². The number of hydrogen-bond donors (Lipinski definition) is 1. The molecule has 0 spiro atoms. The average molecular weight is 410 g/mol. The van der Waals surface area contributed by atoms with Crippen molar-refractivity contribution < 1.29 is 0 Å². The molecular weight excluding hydrogens is 389 g/mol. The van der Waals surface area contributed by atoms with E-state index in [4.69, 9.17) is 0 Å². The fraction of sp³-hybridized carbons (Fsp3) is 0.571. The molecule has 0 bridgehead atoms. The normalized spacial score (nSPS) is 12.7. The third-order valence-corrected chi connectivity index (χ3v) is 4.30. The van der Waals surface area contributed by atoms with Gasteiger partial charge in [0.2, 0.25) is 0 Å². The lowest BCUT2D eigenvalue weighted by molar-refractivity contribution is 0.479. The van der Waals surface area contributed by atoms with Gasteiger partial charge in [-0.15, -0.1) is 0 Å². The van der Waals surface area contributed by atoms with Crippen molar-refractivity contribution in [2.75, 3.05) is 6.54 Å². The van der Waals surface area contributed by atoms with E-state index in [0.29, 0.717) is 6.04 Å². The van der Waals surface area contributed by atoms with Gasteiger partial charge in [0.1, 0.15) is 0 Å². The molecule has 1 N–H and O–H groups in total. The maximum Gasteiger partial charge on any atom is 0.0331 e. The molecule has 1 aromatic carbocycles. The zero-order chi connectivity index (χ0) is 12.7. The first-order chi connectivity index (χ1) is 8.19. The van der Waals surface area contributed by atoms with E-state index in [9.17, 15) is 0 Å². The van der Waals surface area contributed by atoms with Crippen molar-refractivity contribution >= 4 is 38.5 Å². The zero-order valence-corrected chi connectivity index (χ0v) is 14.3. The van der Waals surface area contributed by atoms with Crippen LogP contribution in [0.5, 0.6) is 0 Å². The van der Waals surface area contributed by atoms with Crippen LogP contribution in [-0.2, 0) is 0 Å². The Kier molecular flexibility index (Phi) is 7.71. The van der Waals surface area contributed by atoms with Crippen LogP contribution < -0.4 is 5.32 Å². The van der Waals surface area contributed by atoms with E-state index in [-0.39, 0.29) is 0 Å². The number of benzene rings is 1. The molecule has 3 heteroatoms. The van der Waals surface area contributed by atoms with Crippen molar-refractivity contribution in [2.24, 2.45) is 0 Å². The van der Waals surface area contributed by atoms with E-state index >= 15 is 0 Å². The van der Waals surface area contributed by atoms with Crippen LogP contribution in [0.3, 0.4) is 0 Å². The van der Waals surface area contributed by atoms with Gasteiger partial charge in [0.25, 0.3) is 0 Å². The van der Waals surface area contributed by atoms with Crippen molar-refractivity contribution in [3.05, 3.63) is 31.8 Å². The van der Waals surface area contributed by atoms with E-state index in [1.165, 1.54) is 39.3 Å². The van der Waals surface area contributed by atoms with Gasteiger partial charge in [-0.25, -0.2) is 0 Å². The van der Waals surface area contributed by atoms with E-state index in [2.05, 4.69) is 75.9 Å². The highest BCUT2D eigenvalue weighted by Crippen LogP contribution is 2.27. The quantitative estimate of drug-likeness (QED) is 0.603. The van der Waals surface area contributed by atoms with Gasteiger partial charge >= 0.3 is 0 Å². The lowest BCUT2D eigenvalue weighted by atomic mass is 10.0. The Balaban J connectivity index is 2.82. The first kappa shape index (κ1) is 15.4. The van der Waals surface area contributed by atoms with Gasteiger partial charge in [-0.05, 0) is 65.7 Å². The summed E-state index contributed by atoms with van der Waals surface area (Å²) in [7, 11) is 0. The summed E-state index contributed by atoms with van der Waals surface area (Å²) in [6, 6.07) is 7.05. The average Bonchev–Trinajstić information content (AvgIpc) is 2.33. The second-order valence-corrected chi connectivity index (χ2v) is 6.39. The number of hydrogen-bond acceptors (Lipinski definition) is 1. The molecule has 0 aromatic heterocycles. The standard InChI is InChI=1S/C14H21BrIN/c1-3-5-6-14(17-9-4-2)12-10-11(15)7-8-13(12)16/h7-8,10,14,17H,3-6,9H2,1-2H3. The van der Waals surface area contributed by atoms with Gasteiger partial charge in [-0.1, -0.05) is 42.6 Å². The third kappa shape index (κ3) is 5.26. The summed E-state index contributed by atoms with van der Waals surface area (Å²) in [5.41, 5.74) is 1.43. The SMILES string of the molecule is CCCCC(NCCC)c1cc(Br)ccc1I. The van der Waals surface area contributed by atoms with Gasteiger partial charge in [0, 0.05) is 14.1 Å². The maximum atomic E-state index is 3.66. The molecule has 0 heterocycles. The van der Waals surface area contributed by atoms with Gasteiger partial charge in [0.15, 0.2) is 0 Å². The van der Waals surface area contributed by atoms with Crippen molar-refractivity contribution in [2.45, 2.75) is 45.6 Å². The molecule has 0 aliphatic heterocycles. The summed E-state index contributed by atoms with van der Waals surface area (Å²) in [6.45, 7) is 5.56. The number of halogens is 2. The first-order valence-electron chi connectivity index (χ1n) is 6.37. The smallest absolute Gasteiger partial charge is 0.0331 e. The van der Waals surface area contributed by atoms with Gasteiger partial charge in [0.05, 0.1) is 0 Å². The lowest BCUT2D eigenvalue weighted by Gasteiger charge is -2.20. The molecule has 1 aromatic rings. The van der Waals surface area contributed by atoms with Gasteiger partial charge in [-0.3, -0.25) is 0 Å². The monoisotopic (exact) mass is 409 g/mol. The predicted octanol–water partition coefficient (Wildman–Crippen LogP) is 5.28. The van der Waals surface area contributed by atoms with Gasteiger partial charge < -0.3 is 5.32 Å². The highest BCUT2D eigenvalue weighted by atomic mass is 127. The molecule has 17 heavy (non-hydrogen) atoms. The van der Waals surface area contributed by atoms with Crippen molar-refractivity contribution in [3.63, 3.8) is 0 Å². The third-order valence-electron chi connectivity index (χ3n) is 2.82. The molecule has 96 valence electrons. The minimum absolute atomic E-state index is 0.499. The second kappa shape index (κ2) is 8.48. The molecule has 0 aliphatic rings. The summed E-state index contributed by atoms with van der Waals surface area (Å²) in [4.78, 5) is 0. The molecule has 1 atom stereocenters. The van der Waals surface area contributed by atoms with Crippen molar-refractivity contribution in [3.8, 4) is 0 Å². The molecular formula is C14H21BrIN. The Hall–Kier alpha value is 0.390. The minimum atomic E-state index is 0.499. The molecule has 0 aliphatic carbocycles. The first-order valence-corrected chi connectivity index (χ1v) is 8.24. The van der Waals surface area contributed by atoms with Crippen molar-refractivity contribution in [1.82, 2.24) is 5.32 Å². The molecule has 0 radical (unpaired) electrons. The minimum Gasteiger partial charge on any atom is -0.310 e. The molecule has 0 amide bonds. The number of rotatable bonds is 7. The Morgan fingerprint density at radius 3 is 2.71 bits per heavy atom. The molecule has 1 nitrogen and oxygen atoms in total. The number of unbranched alkanes of at least 4 members (excludes halogenated alkanes) is 1. The molecule has 1 unspecified atom stereocenters. The van der Waals surface area contributed by atoms with Gasteiger partial charge in [-0.2, -0.15) is 0 Å². The summed E-state index contributed by atoms with van der Waals surface area (Å²) in [5.74, 6) is 0. The van der Waals surface area contributed by atoms with E-state index in [0.717, 1.165) is 6.54 Å². The molecule has 1 rings (SSSR count). The van der Waals surface area contributed by atoms with Crippen LogP contribution in [0.4, 0.5) is 0 Å². The van der Waals surface area contributed by atoms with E-state index < -0.39 is 0 Å². The largest absolute Gasteiger partial charge is 0.310 e. The Morgan fingerprint density at radius 1 is 1.29 bits per heavy atom.